The predicted octanol–water partition coefficient (Wildman–Crippen LogP) is 2.48. The van der Waals surface area contributed by atoms with Crippen LogP contribution in [0, 0.1) is 6.92 Å². The lowest BCUT2D eigenvalue weighted by atomic mass is 10.2. The van der Waals surface area contributed by atoms with Crippen LogP contribution in [0.1, 0.15) is 34.0 Å². The van der Waals surface area contributed by atoms with Gasteiger partial charge in [-0.25, -0.2) is 14.8 Å². The number of hydrogen-bond acceptors (Lipinski definition) is 6. The van der Waals surface area contributed by atoms with E-state index in [1.807, 2.05) is 30.4 Å². The second-order valence-corrected chi connectivity index (χ2v) is 6.38. The summed E-state index contributed by atoms with van der Waals surface area (Å²) in [6.45, 7) is 3.99. The Kier molecular flexibility index (Phi) is 4.88. The Labute approximate surface area is 115 Å². The first kappa shape index (κ1) is 13.7. The molecule has 1 unspecified atom stereocenters. The molecule has 0 aliphatic carbocycles. The molecule has 1 aromatic rings. The molecule has 1 aliphatic rings. The molecule has 6 heteroatoms. The van der Waals surface area contributed by atoms with Gasteiger partial charge >= 0.3 is 5.97 Å². The molecule has 0 spiro atoms. The van der Waals surface area contributed by atoms with Crippen LogP contribution in [-0.2, 0) is 4.74 Å². The zero-order valence-electron chi connectivity index (χ0n) is 10.5. The van der Waals surface area contributed by atoms with Crippen LogP contribution in [-0.4, -0.2) is 39.8 Å². The topological polar surface area (TPSA) is 52.1 Å². The van der Waals surface area contributed by atoms with Gasteiger partial charge in [0.05, 0.1) is 11.9 Å². The third-order valence-electron chi connectivity index (χ3n) is 2.56. The molecule has 0 radical (unpaired) electrons. The number of carbonyl (C=O) groups is 1. The van der Waals surface area contributed by atoms with Crippen molar-refractivity contribution in [3.8, 4) is 0 Å². The highest BCUT2D eigenvalue weighted by atomic mass is 32.2. The van der Waals surface area contributed by atoms with Gasteiger partial charge in [0.1, 0.15) is 5.82 Å². The molecule has 0 N–H and O–H groups in total. The number of nitrogens with zero attached hydrogens (tertiary/aromatic N) is 2. The molecule has 4 nitrogen and oxygen atoms in total. The molecule has 1 aliphatic heterocycles. The Balaban J connectivity index is 2.22. The maximum absolute atomic E-state index is 11.8. The first-order valence-electron chi connectivity index (χ1n) is 5.92. The van der Waals surface area contributed by atoms with E-state index in [1.165, 1.54) is 5.75 Å². The van der Waals surface area contributed by atoms with Crippen LogP contribution in [0.4, 0.5) is 0 Å². The van der Waals surface area contributed by atoms with Gasteiger partial charge in [-0.3, -0.25) is 0 Å². The molecule has 18 heavy (non-hydrogen) atoms. The summed E-state index contributed by atoms with van der Waals surface area (Å²) in [6, 6.07) is 0. The van der Waals surface area contributed by atoms with Crippen molar-refractivity contribution in [3.63, 3.8) is 0 Å². The number of thioether (sulfide) groups is 2. The summed E-state index contributed by atoms with van der Waals surface area (Å²) in [7, 11) is 0. The second kappa shape index (κ2) is 6.43. The second-order valence-electron chi connectivity index (χ2n) is 3.91. The van der Waals surface area contributed by atoms with E-state index in [0.717, 1.165) is 22.9 Å². The van der Waals surface area contributed by atoms with Gasteiger partial charge in [0.15, 0.2) is 5.69 Å². The summed E-state index contributed by atoms with van der Waals surface area (Å²) in [5.74, 6) is 3.70. The Bertz CT molecular complexity index is 434. The summed E-state index contributed by atoms with van der Waals surface area (Å²) < 4.78 is 5.01. The summed E-state index contributed by atoms with van der Waals surface area (Å²) in [6.07, 6.45) is 1.72. The normalized spacial score (nSPS) is 19.6. The fourth-order valence-corrected chi connectivity index (χ4v) is 4.26. The molecule has 1 aromatic heterocycles. The SMILES string of the molecule is CCOC(=O)c1nc(C2CSCCS2)ncc1C. The quantitative estimate of drug-likeness (QED) is 0.795. The molecule has 0 saturated carbocycles. The van der Waals surface area contributed by atoms with Gasteiger partial charge in [-0.05, 0) is 13.8 Å². The fourth-order valence-electron chi connectivity index (χ4n) is 1.65. The molecular formula is C12H16N2O2S2. The maximum atomic E-state index is 11.8. The number of ether oxygens (including phenoxy) is 1. The van der Waals surface area contributed by atoms with Crippen molar-refractivity contribution in [2.24, 2.45) is 0 Å². The van der Waals surface area contributed by atoms with E-state index < -0.39 is 0 Å². The number of aryl methyl sites for hydroxylation is 1. The lowest BCUT2D eigenvalue weighted by Crippen LogP contribution is -2.15. The molecule has 2 rings (SSSR count). The van der Waals surface area contributed by atoms with Gasteiger partial charge < -0.3 is 4.74 Å². The third kappa shape index (κ3) is 3.17. The van der Waals surface area contributed by atoms with Crippen molar-refractivity contribution >= 4 is 29.5 Å². The highest BCUT2D eigenvalue weighted by molar-refractivity contribution is 8.06. The average molecular weight is 284 g/mol. The Morgan fingerprint density at radius 2 is 2.39 bits per heavy atom. The molecule has 1 saturated heterocycles. The van der Waals surface area contributed by atoms with E-state index in [0.29, 0.717) is 12.3 Å². The minimum Gasteiger partial charge on any atom is -0.461 e. The Morgan fingerprint density at radius 1 is 1.56 bits per heavy atom. The summed E-state index contributed by atoms with van der Waals surface area (Å²) >= 11 is 3.77. The van der Waals surface area contributed by atoms with Crippen molar-refractivity contribution in [3.05, 3.63) is 23.3 Å². The smallest absolute Gasteiger partial charge is 0.357 e. The van der Waals surface area contributed by atoms with Crippen LogP contribution in [0.25, 0.3) is 0 Å². The van der Waals surface area contributed by atoms with E-state index in [2.05, 4.69) is 9.97 Å². The van der Waals surface area contributed by atoms with Crippen LogP contribution < -0.4 is 0 Å². The highest BCUT2D eigenvalue weighted by Crippen LogP contribution is 2.35. The predicted molar refractivity (Wildman–Crippen MR) is 75.2 cm³/mol. The zero-order valence-corrected chi connectivity index (χ0v) is 12.1. The zero-order chi connectivity index (χ0) is 13.0. The monoisotopic (exact) mass is 284 g/mol. The molecule has 2 heterocycles. The number of aromatic nitrogens is 2. The number of hydrogen-bond donors (Lipinski definition) is 0. The van der Waals surface area contributed by atoms with E-state index in [4.69, 9.17) is 4.74 Å². The van der Waals surface area contributed by atoms with Gasteiger partial charge in [0.25, 0.3) is 0 Å². The Morgan fingerprint density at radius 3 is 3.06 bits per heavy atom. The molecule has 0 amide bonds. The minimum absolute atomic E-state index is 0.289. The van der Waals surface area contributed by atoms with Gasteiger partial charge in [-0.1, -0.05) is 0 Å². The van der Waals surface area contributed by atoms with Crippen LogP contribution in [0.2, 0.25) is 0 Å². The summed E-state index contributed by atoms with van der Waals surface area (Å²) in [4.78, 5) is 20.5. The molecule has 98 valence electrons. The average Bonchev–Trinajstić information content (AvgIpc) is 2.40. The molecule has 1 fully saturated rings. The first-order chi connectivity index (χ1) is 8.72. The maximum Gasteiger partial charge on any atom is 0.357 e. The van der Waals surface area contributed by atoms with E-state index in [1.54, 1.807) is 13.1 Å². The summed E-state index contributed by atoms with van der Waals surface area (Å²) in [5, 5.41) is 0.289. The standard InChI is InChI=1S/C12H16N2O2S2/c1-3-16-12(15)10-8(2)6-13-11(14-10)9-7-17-4-5-18-9/h6,9H,3-5,7H2,1-2H3. The van der Waals surface area contributed by atoms with E-state index >= 15 is 0 Å². The number of rotatable bonds is 3. The van der Waals surface area contributed by atoms with Gasteiger partial charge in [-0.2, -0.15) is 11.8 Å². The molecule has 0 bridgehead atoms. The van der Waals surface area contributed by atoms with Crippen molar-refractivity contribution in [2.75, 3.05) is 23.9 Å². The van der Waals surface area contributed by atoms with Gasteiger partial charge in [0, 0.05) is 29.0 Å². The van der Waals surface area contributed by atoms with Crippen molar-refractivity contribution in [1.29, 1.82) is 0 Å². The van der Waals surface area contributed by atoms with Crippen molar-refractivity contribution in [1.82, 2.24) is 9.97 Å². The minimum atomic E-state index is -0.355. The van der Waals surface area contributed by atoms with Gasteiger partial charge in [-0.15, -0.1) is 11.8 Å². The van der Waals surface area contributed by atoms with Crippen molar-refractivity contribution in [2.45, 2.75) is 19.1 Å². The molecule has 1 atom stereocenters. The summed E-state index contributed by atoms with van der Waals surface area (Å²) in [5.41, 5.74) is 1.17. The lowest BCUT2D eigenvalue weighted by Gasteiger charge is -2.20. The fraction of sp³-hybridized carbons (Fsp3) is 0.583. The number of esters is 1. The highest BCUT2D eigenvalue weighted by Gasteiger charge is 2.22. The van der Waals surface area contributed by atoms with Crippen LogP contribution >= 0.6 is 23.5 Å². The van der Waals surface area contributed by atoms with Crippen LogP contribution in [0.3, 0.4) is 0 Å². The molecular weight excluding hydrogens is 268 g/mol. The van der Waals surface area contributed by atoms with E-state index in [-0.39, 0.29) is 11.2 Å². The van der Waals surface area contributed by atoms with Crippen LogP contribution in [0.5, 0.6) is 0 Å². The molecule has 0 aromatic carbocycles. The van der Waals surface area contributed by atoms with Crippen molar-refractivity contribution < 1.29 is 9.53 Å². The largest absolute Gasteiger partial charge is 0.461 e. The van der Waals surface area contributed by atoms with E-state index in [9.17, 15) is 4.79 Å². The van der Waals surface area contributed by atoms with Gasteiger partial charge in [0.2, 0.25) is 0 Å². The van der Waals surface area contributed by atoms with Crippen LogP contribution in [0.15, 0.2) is 6.20 Å². The number of carbonyl (C=O) groups excluding carboxylic acids is 1. The first-order valence-corrected chi connectivity index (χ1v) is 8.12. The Hall–Kier alpha value is -0.750. The lowest BCUT2D eigenvalue weighted by molar-refractivity contribution is 0.0518. The third-order valence-corrected chi connectivity index (χ3v) is 5.31.